The van der Waals surface area contributed by atoms with Crippen molar-refractivity contribution in [1.82, 2.24) is 5.16 Å². The van der Waals surface area contributed by atoms with Crippen molar-refractivity contribution >= 4 is 37.7 Å². The molecule has 4 nitrogen and oxygen atoms in total. The number of ether oxygens (including phenoxy) is 1. The van der Waals surface area contributed by atoms with Gasteiger partial charge in [-0.2, -0.15) is 0 Å². The monoisotopic (exact) mass is 346 g/mol. The second-order valence-electron chi connectivity index (χ2n) is 3.06. The van der Waals surface area contributed by atoms with Crippen LogP contribution in [0.3, 0.4) is 0 Å². The van der Waals surface area contributed by atoms with Crippen molar-refractivity contribution in [2.24, 2.45) is 0 Å². The average molecular weight is 348 g/mol. The highest BCUT2D eigenvalue weighted by atomic mass is 79.9. The van der Waals surface area contributed by atoms with Crippen molar-refractivity contribution in [2.45, 2.75) is 0 Å². The van der Waals surface area contributed by atoms with Gasteiger partial charge < -0.3 is 15.0 Å². The van der Waals surface area contributed by atoms with Crippen molar-refractivity contribution in [3.8, 4) is 17.1 Å². The fraction of sp³-hybridized carbons (Fsp3) is 0.100. The van der Waals surface area contributed by atoms with Gasteiger partial charge in [0, 0.05) is 10.0 Å². The molecule has 0 aliphatic heterocycles. The minimum atomic E-state index is 0.324. The van der Waals surface area contributed by atoms with Crippen LogP contribution >= 0.6 is 31.9 Å². The molecule has 6 heteroatoms. The molecule has 1 heterocycles. The van der Waals surface area contributed by atoms with Gasteiger partial charge in [-0.25, -0.2) is 0 Å². The predicted molar refractivity (Wildman–Crippen MR) is 68.3 cm³/mol. The van der Waals surface area contributed by atoms with Gasteiger partial charge in [0.15, 0.2) is 11.6 Å². The summed E-state index contributed by atoms with van der Waals surface area (Å²) in [7, 11) is 1.61. The molecular weight excluding hydrogens is 340 g/mol. The molecule has 0 aliphatic carbocycles. The van der Waals surface area contributed by atoms with Crippen molar-refractivity contribution < 1.29 is 9.26 Å². The zero-order valence-electron chi connectivity index (χ0n) is 8.33. The van der Waals surface area contributed by atoms with Crippen molar-refractivity contribution in [1.29, 1.82) is 0 Å². The van der Waals surface area contributed by atoms with Gasteiger partial charge in [-0.1, -0.05) is 21.1 Å². The van der Waals surface area contributed by atoms with Gasteiger partial charge in [-0.3, -0.25) is 0 Å². The summed E-state index contributed by atoms with van der Waals surface area (Å²) in [6, 6.07) is 5.56. The summed E-state index contributed by atoms with van der Waals surface area (Å²) in [5.74, 6) is 1.63. The Bertz CT molecular complexity index is 526. The molecule has 1 aromatic carbocycles. The van der Waals surface area contributed by atoms with Crippen LogP contribution in [0.5, 0.6) is 5.75 Å². The highest BCUT2D eigenvalue weighted by molar-refractivity contribution is 9.11. The second-order valence-corrected chi connectivity index (χ2v) is 4.70. The zero-order valence-corrected chi connectivity index (χ0v) is 11.5. The molecule has 16 heavy (non-hydrogen) atoms. The molecule has 0 amide bonds. The molecule has 0 fully saturated rings. The first-order valence-electron chi connectivity index (χ1n) is 4.38. The number of nitrogens with two attached hydrogens (primary N) is 1. The Morgan fingerprint density at radius 3 is 2.69 bits per heavy atom. The number of hydrogen-bond donors (Lipinski definition) is 1. The van der Waals surface area contributed by atoms with Crippen LogP contribution in [0.2, 0.25) is 0 Å². The smallest absolute Gasteiger partial charge is 0.184 e. The van der Waals surface area contributed by atoms with E-state index in [1.807, 2.05) is 18.2 Å². The SMILES string of the molecule is COc1ccc(Br)c(-c2onc(N)c2Br)c1. The number of nitrogens with zero attached hydrogens (tertiary/aromatic N) is 1. The Kier molecular flexibility index (Phi) is 3.20. The van der Waals surface area contributed by atoms with Gasteiger partial charge in [-0.05, 0) is 34.1 Å². The Hall–Kier alpha value is -1.01. The van der Waals surface area contributed by atoms with Gasteiger partial charge >= 0.3 is 0 Å². The number of anilines is 1. The molecule has 0 atom stereocenters. The topological polar surface area (TPSA) is 61.3 Å². The Balaban J connectivity index is 2.59. The lowest BCUT2D eigenvalue weighted by Gasteiger charge is -2.04. The van der Waals surface area contributed by atoms with Crippen LogP contribution < -0.4 is 10.5 Å². The van der Waals surface area contributed by atoms with Gasteiger partial charge in [-0.15, -0.1) is 0 Å². The minimum absolute atomic E-state index is 0.324. The molecule has 84 valence electrons. The lowest BCUT2D eigenvalue weighted by atomic mass is 10.1. The van der Waals surface area contributed by atoms with Crippen LogP contribution in [-0.4, -0.2) is 12.3 Å². The van der Waals surface area contributed by atoms with Crippen LogP contribution in [0, 0.1) is 0 Å². The molecule has 2 N–H and O–H groups in total. The Labute approximate surface area is 109 Å². The third-order valence-corrected chi connectivity index (χ3v) is 3.54. The van der Waals surface area contributed by atoms with Gasteiger partial charge in [0.25, 0.3) is 0 Å². The number of halogens is 2. The Morgan fingerprint density at radius 2 is 2.12 bits per heavy atom. The maximum atomic E-state index is 5.60. The van der Waals surface area contributed by atoms with E-state index in [0.29, 0.717) is 16.1 Å². The van der Waals surface area contributed by atoms with E-state index in [9.17, 15) is 0 Å². The summed E-state index contributed by atoms with van der Waals surface area (Å²) in [5, 5.41) is 3.68. The van der Waals surface area contributed by atoms with E-state index in [4.69, 9.17) is 15.0 Å². The molecule has 2 rings (SSSR count). The maximum absolute atomic E-state index is 5.60. The number of nitrogen functional groups attached to an aromatic ring is 1. The lowest BCUT2D eigenvalue weighted by molar-refractivity contribution is 0.413. The van der Waals surface area contributed by atoms with Crippen molar-refractivity contribution in [3.05, 3.63) is 27.1 Å². The third-order valence-electron chi connectivity index (χ3n) is 2.08. The van der Waals surface area contributed by atoms with Gasteiger partial charge in [0.05, 0.1) is 7.11 Å². The Morgan fingerprint density at radius 1 is 1.38 bits per heavy atom. The summed E-state index contributed by atoms with van der Waals surface area (Å²) in [4.78, 5) is 0. The fourth-order valence-electron chi connectivity index (χ4n) is 1.26. The van der Waals surface area contributed by atoms with Crippen LogP contribution in [0.25, 0.3) is 11.3 Å². The summed E-state index contributed by atoms with van der Waals surface area (Å²) >= 11 is 6.76. The molecule has 1 aromatic heterocycles. The van der Waals surface area contributed by atoms with E-state index in [-0.39, 0.29) is 0 Å². The standard InChI is InChI=1S/C10H8Br2N2O2/c1-15-5-2-3-7(11)6(4-5)9-8(12)10(13)14-16-9/h2-4H,1H3,(H2,13,14). The first-order chi connectivity index (χ1) is 7.63. The zero-order chi connectivity index (χ0) is 11.7. The molecular formula is C10H8Br2N2O2. The van der Waals surface area contributed by atoms with E-state index in [1.165, 1.54) is 0 Å². The summed E-state index contributed by atoms with van der Waals surface area (Å²) in [6.45, 7) is 0. The number of hydrogen-bond acceptors (Lipinski definition) is 4. The highest BCUT2D eigenvalue weighted by Gasteiger charge is 2.16. The first-order valence-corrected chi connectivity index (χ1v) is 5.96. The number of rotatable bonds is 2. The largest absolute Gasteiger partial charge is 0.497 e. The predicted octanol–water partition coefficient (Wildman–Crippen LogP) is 3.46. The van der Waals surface area contributed by atoms with Crippen LogP contribution in [-0.2, 0) is 0 Å². The van der Waals surface area contributed by atoms with Crippen LogP contribution in [0.15, 0.2) is 31.7 Å². The third kappa shape index (κ3) is 1.94. The van der Waals surface area contributed by atoms with Crippen LogP contribution in [0.1, 0.15) is 0 Å². The summed E-state index contributed by atoms with van der Waals surface area (Å²) < 4.78 is 11.8. The van der Waals surface area contributed by atoms with Crippen molar-refractivity contribution in [3.63, 3.8) is 0 Å². The molecule has 0 bridgehead atoms. The molecule has 0 saturated heterocycles. The van der Waals surface area contributed by atoms with E-state index < -0.39 is 0 Å². The molecule has 0 saturated carbocycles. The van der Waals surface area contributed by atoms with Gasteiger partial charge in [0.1, 0.15) is 10.2 Å². The number of methoxy groups -OCH3 is 1. The van der Waals surface area contributed by atoms with Gasteiger partial charge in [0.2, 0.25) is 0 Å². The average Bonchev–Trinajstić information content (AvgIpc) is 2.61. The van der Waals surface area contributed by atoms with Crippen LogP contribution in [0.4, 0.5) is 5.82 Å². The quantitative estimate of drug-likeness (QED) is 0.903. The maximum Gasteiger partial charge on any atom is 0.184 e. The molecule has 0 radical (unpaired) electrons. The fourth-order valence-corrected chi connectivity index (χ4v) is 2.05. The molecule has 0 unspecified atom stereocenters. The second kappa shape index (κ2) is 4.47. The highest BCUT2D eigenvalue weighted by Crippen LogP contribution is 2.38. The minimum Gasteiger partial charge on any atom is -0.497 e. The lowest BCUT2D eigenvalue weighted by Crippen LogP contribution is -1.86. The number of aromatic nitrogens is 1. The molecule has 0 aliphatic rings. The molecule has 0 spiro atoms. The van der Waals surface area contributed by atoms with E-state index in [1.54, 1.807) is 7.11 Å². The van der Waals surface area contributed by atoms with E-state index >= 15 is 0 Å². The van der Waals surface area contributed by atoms with Crippen molar-refractivity contribution in [2.75, 3.05) is 12.8 Å². The molecule has 2 aromatic rings. The first kappa shape index (κ1) is 11.5. The normalized spacial score (nSPS) is 10.4. The van der Waals surface area contributed by atoms with E-state index in [0.717, 1.165) is 15.8 Å². The number of benzene rings is 1. The van der Waals surface area contributed by atoms with E-state index in [2.05, 4.69) is 37.0 Å². The summed E-state index contributed by atoms with van der Waals surface area (Å²) in [5.41, 5.74) is 6.43. The summed E-state index contributed by atoms with van der Waals surface area (Å²) in [6.07, 6.45) is 0.